The van der Waals surface area contributed by atoms with Crippen molar-refractivity contribution in [3.8, 4) is 11.5 Å². The highest BCUT2D eigenvalue weighted by atomic mass is 31.2. The number of fused-ring (bicyclic) bond motifs is 2. The van der Waals surface area contributed by atoms with Gasteiger partial charge in [-0.3, -0.25) is 0 Å². The van der Waals surface area contributed by atoms with Crippen LogP contribution in [0.1, 0.15) is 18.4 Å². The monoisotopic (exact) mass is 278 g/mol. The van der Waals surface area contributed by atoms with Crippen molar-refractivity contribution in [3.05, 3.63) is 29.8 Å². The second-order valence-electron chi connectivity index (χ2n) is 4.79. The Bertz CT molecular complexity index is 715. The van der Waals surface area contributed by atoms with Crippen LogP contribution >= 0.6 is 7.34 Å². The number of aromatic hydroxyl groups is 2. The molecule has 0 fully saturated rings. The summed E-state index contributed by atoms with van der Waals surface area (Å²) in [6.45, 7) is 0. The van der Waals surface area contributed by atoms with Crippen molar-refractivity contribution in [3.63, 3.8) is 0 Å². The fourth-order valence-electron chi connectivity index (χ4n) is 2.67. The predicted molar refractivity (Wildman–Crippen MR) is 77.3 cm³/mol. The van der Waals surface area contributed by atoms with Gasteiger partial charge >= 0.3 is 0 Å². The Hall–Kier alpha value is -1.48. The van der Waals surface area contributed by atoms with Gasteiger partial charge in [0.05, 0.1) is 5.30 Å². The average Bonchev–Trinajstić information content (AvgIpc) is 2.55. The lowest BCUT2D eigenvalue weighted by molar-refractivity contribution is 0.459. The SMILES string of the molecule is Oc1c2c(c(O)c3ccccc13)P(O)(O)=CCCC2. The van der Waals surface area contributed by atoms with E-state index in [1.54, 1.807) is 24.3 Å². The van der Waals surface area contributed by atoms with Gasteiger partial charge in [0.25, 0.3) is 0 Å². The van der Waals surface area contributed by atoms with E-state index < -0.39 is 7.34 Å². The molecule has 0 radical (unpaired) electrons. The first-order valence-corrected chi connectivity index (χ1v) is 7.93. The van der Waals surface area contributed by atoms with E-state index >= 15 is 0 Å². The van der Waals surface area contributed by atoms with Gasteiger partial charge in [-0.2, -0.15) is 0 Å². The van der Waals surface area contributed by atoms with E-state index in [9.17, 15) is 20.0 Å². The zero-order valence-electron chi connectivity index (χ0n) is 10.2. The minimum absolute atomic E-state index is 0.0474. The molecule has 3 rings (SSSR count). The van der Waals surface area contributed by atoms with Crippen LogP contribution in [0.5, 0.6) is 11.5 Å². The molecule has 0 atom stereocenters. The van der Waals surface area contributed by atoms with E-state index in [4.69, 9.17) is 0 Å². The minimum atomic E-state index is -3.47. The molecule has 5 heteroatoms. The quantitative estimate of drug-likeness (QED) is 0.438. The van der Waals surface area contributed by atoms with Gasteiger partial charge in [0.15, 0.2) is 0 Å². The smallest absolute Gasteiger partial charge is 0.149 e. The number of rotatable bonds is 0. The third kappa shape index (κ3) is 1.84. The zero-order chi connectivity index (χ0) is 13.6. The molecule has 0 spiro atoms. The highest BCUT2D eigenvalue weighted by molar-refractivity contribution is 7.71. The normalized spacial score (nSPS) is 17.6. The number of benzene rings is 2. The third-order valence-corrected chi connectivity index (χ3v) is 5.48. The van der Waals surface area contributed by atoms with Crippen molar-refractivity contribution < 1.29 is 20.0 Å². The van der Waals surface area contributed by atoms with Crippen LogP contribution in [0.3, 0.4) is 0 Å². The molecule has 0 amide bonds. The number of phenols is 2. The highest BCUT2D eigenvalue weighted by Crippen LogP contribution is 2.48. The van der Waals surface area contributed by atoms with Gasteiger partial charge in [-0.15, -0.1) is 0 Å². The topological polar surface area (TPSA) is 80.9 Å². The molecule has 1 heterocycles. The molecule has 4 N–H and O–H groups in total. The Morgan fingerprint density at radius 1 is 0.947 bits per heavy atom. The number of phenolic OH excluding ortho intramolecular Hbond substituents is 2. The second-order valence-corrected chi connectivity index (χ2v) is 6.91. The van der Waals surface area contributed by atoms with Gasteiger partial charge in [-0.25, -0.2) is 0 Å². The van der Waals surface area contributed by atoms with Crippen LogP contribution in [0.15, 0.2) is 24.3 Å². The van der Waals surface area contributed by atoms with E-state index in [1.165, 1.54) is 5.80 Å². The van der Waals surface area contributed by atoms with E-state index in [0.29, 0.717) is 29.2 Å². The first-order valence-electron chi connectivity index (χ1n) is 6.17. The van der Waals surface area contributed by atoms with Crippen LogP contribution in [-0.4, -0.2) is 25.8 Å². The summed E-state index contributed by atoms with van der Waals surface area (Å²) in [5.41, 5.74) is 0.461. The Labute approximate surface area is 110 Å². The Balaban J connectivity index is 2.51. The minimum Gasteiger partial charge on any atom is -0.507 e. The van der Waals surface area contributed by atoms with E-state index in [0.717, 1.165) is 6.42 Å². The van der Waals surface area contributed by atoms with Crippen LogP contribution in [0.2, 0.25) is 0 Å². The van der Waals surface area contributed by atoms with Gasteiger partial charge in [0, 0.05) is 16.3 Å². The number of hydrogen-bond acceptors (Lipinski definition) is 4. The summed E-state index contributed by atoms with van der Waals surface area (Å²) < 4.78 is 0. The number of hydrogen-bond donors (Lipinski definition) is 4. The molecule has 0 aromatic heterocycles. The standard InChI is InChI=1S/C14H15O4P/c15-12-9-5-1-2-6-10(9)13(16)14-11(12)7-3-4-8-19(14,17)18/h1-2,5-6,8,15-18H,3-4,7H2. The maximum absolute atomic E-state index is 10.4. The summed E-state index contributed by atoms with van der Waals surface area (Å²) in [5.74, 6) is 1.39. The average molecular weight is 278 g/mol. The van der Waals surface area contributed by atoms with Crippen molar-refractivity contribution >= 4 is 29.2 Å². The summed E-state index contributed by atoms with van der Waals surface area (Å²) in [6.07, 6.45) is 1.81. The zero-order valence-corrected chi connectivity index (χ0v) is 11.1. The van der Waals surface area contributed by atoms with Gasteiger partial charge < -0.3 is 20.0 Å². The van der Waals surface area contributed by atoms with Crippen LogP contribution in [0.4, 0.5) is 0 Å². The van der Waals surface area contributed by atoms with Gasteiger partial charge in [-0.05, 0) is 25.1 Å². The van der Waals surface area contributed by atoms with Gasteiger partial charge in [0.2, 0.25) is 0 Å². The summed E-state index contributed by atoms with van der Waals surface area (Å²) in [4.78, 5) is 20.4. The van der Waals surface area contributed by atoms with Crippen molar-refractivity contribution in [1.29, 1.82) is 0 Å². The fraction of sp³-hybridized carbons (Fsp3) is 0.214. The maximum Gasteiger partial charge on any atom is 0.149 e. The van der Waals surface area contributed by atoms with Crippen LogP contribution in [-0.2, 0) is 6.42 Å². The molecule has 2 aromatic rings. The Morgan fingerprint density at radius 3 is 2.26 bits per heavy atom. The molecule has 100 valence electrons. The molecule has 1 aliphatic rings. The van der Waals surface area contributed by atoms with Crippen molar-refractivity contribution in [2.24, 2.45) is 0 Å². The van der Waals surface area contributed by atoms with Crippen LogP contribution < -0.4 is 5.30 Å². The fourth-order valence-corrected chi connectivity index (χ4v) is 4.45. The van der Waals surface area contributed by atoms with Gasteiger partial charge in [0.1, 0.15) is 18.8 Å². The maximum atomic E-state index is 10.4. The lowest BCUT2D eigenvalue weighted by atomic mass is 10.0. The second kappa shape index (κ2) is 4.27. The summed E-state index contributed by atoms with van der Waals surface area (Å²) in [7, 11) is -3.47. The predicted octanol–water partition coefficient (Wildman–Crippen LogP) is 1.85. The van der Waals surface area contributed by atoms with E-state index in [-0.39, 0.29) is 16.8 Å². The van der Waals surface area contributed by atoms with E-state index in [2.05, 4.69) is 0 Å². The molecule has 0 unspecified atom stereocenters. The lowest BCUT2D eigenvalue weighted by Gasteiger charge is -2.19. The molecule has 2 aromatic carbocycles. The molecule has 0 bridgehead atoms. The third-order valence-electron chi connectivity index (χ3n) is 3.58. The summed E-state index contributed by atoms with van der Waals surface area (Å²) in [6, 6.07) is 6.89. The van der Waals surface area contributed by atoms with Crippen molar-refractivity contribution in [2.45, 2.75) is 19.3 Å². The molecular formula is C14H15O4P. The van der Waals surface area contributed by atoms with Crippen LogP contribution in [0, 0.1) is 0 Å². The summed E-state index contributed by atoms with van der Waals surface area (Å²) >= 11 is 0. The molecule has 0 saturated heterocycles. The Morgan fingerprint density at radius 2 is 1.58 bits per heavy atom. The molecule has 0 aliphatic carbocycles. The largest absolute Gasteiger partial charge is 0.507 e. The molecule has 19 heavy (non-hydrogen) atoms. The van der Waals surface area contributed by atoms with Crippen LogP contribution in [0.25, 0.3) is 10.8 Å². The first kappa shape index (κ1) is 12.5. The molecule has 4 nitrogen and oxygen atoms in total. The van der Waals surface area contributed by atoms with Gasteiger partial charge in [-0.1, -0.05) is 24.3 Å². The van der Waals surface area contributed by atoms with Crippen molar-refractivity contribution in [1.82, 2.24) is 0 Å². The molecular weight excluding hydrogens is 263 g/mol. The van der Waals surface area contributed by atoms with Crippen molar-refractivity contribution in [2.75, 3.05) is 0 Å². The first-order chi connectivity index (χ1) is 9.02. The molecule has 0 saturated carbocycles. The Kier molecular flexibility index (Phi) is 2.82. The highest BCUT2D eigenvalue weighted by Gasteiger charge is 2.28. The molecule has 1 aliphatic heterocycles. The lowest BCUT2D eigenvalue weighted by Crippen LogP contribution is -2.12. The summed E-state index contributed by atoms with van der Waals surface area (Å²) in [5, 5.41) is 21.8. The van der Waals surface area contributed by atoms with E-state index in [1.807, 2.05) is 0 Å².